The standard InChI is InChI=1S/C73H128NO8P/c1-6-8-10-12-14-16-18-20-22-24-26-28-30-32-34-36-38-39-41-43-45-47-49-51-53-55-57-59-61-63-65-72(75)79-69-71(70-81-83(77,78)80-68-67-74(3,4)5)82-73(76)66-64-62-60-58-56-54-52-50-48-46-44-42-40-37-35-33-31-29-27-25-23-21-19-17-15-13-11-9-7-2/h9,11,15,17,21,23,27,29,33,35,40,42,46,48,52,54,58,60,71H,6-8,10,12-14,16,18-20,22,24-26,28,30-32,34,36-39,41,43-45,47,49-51,53,55-57,59,61-70H2,1-5H3/p+1/b11-9-,17-15-,23-21-,29-27-,35-33-,42-40-,48-46-,54-52-,60-58-. The molecular weight excluding hydrogens is 1050 g/mol. The van der Waals surface area contributed by atoms with Gasteiger partial charge in [0.1, 0.15) is 19.8 Å². The van der Waals surface area contributed by atoms with Gasteiger partial charge in [0, 0.05) is 12.8 Å². The van der Waals surface area contributed by atoms with Crippen LogP contribution in [0.5, 0.6) is 0 Å². The van der Waals surface area contributed by atoms with Crippen LogP contribution in [0.25, 0.3) is 0 Å². The summed E-state index contributed by atoms with van der Waals surface area (Å²) < 4.78 is 34.6. The largest absolute Gasteiger partial charge is 0.472 e. The van der Waals surface area contributed by atoms with Crippen molar-refractivity contribution in [1.82, 2.24) is 0 Å². The monoisotopic (exact) mass is 1180 g/mol. The Kier molecular flexibility index (Phi) is 60.6. The van der Waals surface area contributed by atoms with Gasteiger partial charge in [-0.1, -0.05) is 309 Å². The summed E-state index contributed by atoms with van der Waals surface area (Å²) in [5.41, 5.74) is 0. The topological polar surface area (TPSA) is 108 Å². The third-order valence-electron chi connectivity index (χ3n) is 14.6. The molecule has 2 atom stereocenters. The van der Waals surface area contributed by atoms with Crippen LogP contribution in [-0.2, 0) is 32.7 Å². The fourth-order valence-electron chi connectivity index (χ4n) is 9.37. The Bertz CT molecular complexity index is 1770. The number of hydrogen-bond donors (Lipinski definition) is 1. The fourth-order valence-corrected chi connectivity index (χ4v) is 10.1. The summed E-state index contributed by atoms with van der Waals surface area (Å²) in [5, 5.41) is 0. The van der Waals surface area contributed by atoms with Gasteiger partial charge >= 0.3 is 19.8 Å². The molecule has 0 spiro atoms. The van der Waals surface area contributed by atoms with E-state index in [0.717, 1.165) is 77.0 Å². The number of hydrogen-bond acceptors (Lipinski definition) is 7. The van der Waals surface area contributed by atoms with Crippen LogP contribution in [0.15, 0.2) is 109 Å². The van der Waals surface area contributed by atoms with Crippen LogP contribution >= 0.6 is 7.82 Å². The van der Waals surface area contributed by atoms with Crippen molar-refractivity contribution in [2.45, 2.75) is 296 Å². The summed E-state index contributed by atoms with van der Waals surface area (Å²) >= 11 is 0. The minimum Gasteiger partial charge on any atom is -0.462 e. The van der Waals surface area contributed by atoms with E-state index in [-0.39, 0.29) is 32.0 Å². The average molecular weight is 1180 g/mol. The maximum atomic E-state index is 12.8. The van der Waals surface area contributed by atoms with Gasteiger partial charge in [-0.25, -0.2) is 4.57 Å². The second-order valence-corrected chi connectivity index (χ2v) is 25.3. The molecule has 0 aliphatic carbocycles. The van der Waals surface area contributed by atoms with Crippen molar-refractivity contribution < 1.29 is 42.1 Å². The first-order valence-electron chi connectivity index (χ1n) is 34.1. The molecule has 1 N–H and O–H groups in total. The van der Waals surface area contributed by atoms with Crippen molar-refractivity contribution in [3.8, 4) is 0 Å². The minimum atomic E-state index is -4.41. The second-order valence-electron chi connectivity index (χ2n) is 23.8. The lowest BCUT2D eigenvalue weighted by Crippen LogP contribution is -2.37. The number of carbonyl (C=O) groups excluding carboxylic acids is 2. The van der Waals surface area contributed by atoms with E-state index in [1.165, 1.54) is 173 Å². The highest BCUT2D eigenvalue weighted by molar-refractivity contribution is 7.47. The minimum absolute atomic E-state index is 0.0164. The second kappa shape index (κ2) is 63.2. The summed E-state index contributed by atoms with van der Waals surface area (Å²) in [6.45, 7) is 4.28. The molecule has 0 bridgehead atoms. The first-order chi connectivity index (χ1) is 40.5. The van der Waals surface area contributed by atoms with E-state index in [1.807, 2.05) is 21.1 Å². The number of allylic oxidation sites excluding steroid dienone is 18. The number of likely N-dealkylation sites (N-methyl/N-ethyl adjacent to an activating group) is 1. The average Bonchev–Trinajstić information content (AvgIpc) is 3.49. The molecule has 0 fully saturated rings. The number of unbranched alkanes of at least 4 members (excludes halogenated alkanes) is 30. The quantitative estimate of drug-likeness (QED) is 0.0211. The Morgan fingerprint density at radius 2 is 0.687 bits per heavy atom. The molecular formula is C73H129NO8P+. The Morgan fingerprint density at radius 1 is 0.386 bits per heavy atom. The first-order valence-corrected chi connectivity index (χ1v) is 35.6. The molecule has 0 aliphatic rings. The lowest BCUT2D eigenvalue weighted by atomic mass is 10.0. The summed E-state index contributed by atoms with van der Waals surface area (Å²) in [5.74, 6) is -0.864. The zero-order valence-corrected chi connectivity index (χ0v) is 55.3. The van der Waals surface area contributed by atoms with Gasteiger partial charge in [0.2, 0.25) is 0 Å². The Morgan fingerprint density at radius 3 is 1.01 bits per heavy atom. The van der Waals surface area contributed by atoms with Crippen LogP contribution in [0.3, 0.4) is 0 Å². The number of phosphoric ester groups is 1. The van der Waals surface area contributed by atoms with Crippen LogP contribution in [-0.4, -0.2) is 74.9 Å². The number of carbonyl (C=O) groups is 2. The molecule has 2 unspecified atom stereocenters. The maximum Gasteiger partial charge on any atom is 0.472 e. The number of ether oxygens (including phenoxy) is 2. The summed E-state index contributed by atoms with van der Waals surface area (Å²) in [4.78, 5) is 35.8. The van der Waals surface area contributed by atoms with Gasteiger partial charge in [-0.2, -0.15) is 0 Å². The van der Waals surface area contributed by atoms with Gasteiger partial charge in [0.15, 0.2) is 6.10 Å². The highest BCUT2D eigenvalue weighted by Gasteiger charge is 2.27. The fraction of sp³-hybridized carbons (Fsp3) is 0.726. The Balaban J connectivity index is 4.16. The van der Waals surface area contributed by atoms with Gasteiger partial charge in [0.05, 0.1) is 27.7 Å². The van der Waals surface area contributed by atoms with Gasteiger partial charge in [-0.05, 0) is 77.0 Å². The predicted octanol–water partition coefficient (Wildman–Crippen LogP) is 22.1. The molecule has 0 saturated carbocycles. The molecule has 0 heterocycles. The molecule has 83 heavy (non-hydrogen) atoms. The van der Waals surface area contributed by atoms with Crippen molar-refractivity contribution in [3.63, 3.8) is 0 Å². The molecule has 478 valence electrons. The Labute approximate surface area is 512 Å². The number of nitrogens with zero attached hydrogens (tertiary/aromatic N) is 1. The van der Waals surface area contributed by atoms with E-state index >= 15 is 0 Å². The first kappa shape index (κ1) is 79.7. The normalized spacial score (nSPS) is 13.9. The van der Waals surface area contributed by atoms with Crippen LogP contribution < -0.4 is 0 Å². The van der Waals surface area contributed by atoms with Gasteiger partial charge in [-0.15, -0.1) is 0 Å². The van der Waals surface area contributed by atoms with E-state index in [9.17, 15) is 19.0 Å². The van der Waals surface area contributed by atoms with Gasteiger partial charge in [-0.3, -0.25) is 18.6 Å². The van der Waals surface area contributed by atoms with Crippen molar-refractivity contribution in [1.29, 1.82) is 0 Å². The maximum absolute atomic E-state index is 12.8. The Hall–Kier alpha value is -3.33. The van der Waals surface area contributed by atoms with Crippen LogP contribution in [0.2, 0.25) is 0 Å². The van der Waals surface area contributed by atoms with Crippen molar-refractivity contribution in [2.75, 3.05) is 47.5 Å². The zero-order valence-electron chi connectivity index (χ0n) is 54.4. The summed E-state index contributed by atoms with van der Waals surface area (Å²) in [7, 11) is 1.43. The highest BCUT2D eigenvalue weighted by Crippen LogP contribution is 2.43. The van der Waals surface area contributed by atoms with Crippen LogP contribution in [0.4, 0.5) is 0 Å². The molecule has 0 aromatic heterocycles. The summed E-state index contributed by atoms with van der Waals surface area (Å²) in [6.07, 6.45) is 89.2. The molecule has 10 heteroatoms. The van der Waals surface area contributed by atoms with Gasteiger partial charge < -0.3 is 18.9 Å². The highest BCUT2D eigenvalue weighted by atomic mass is 31.2. The van der Waals surface area contributed by atoms with Gasteiger partial charge in [0.25, 0.3) is 0 Å². The van der Waals surface area contributed by atoms with E-state index in [1.54, 1.807) is 0 Å². The van der Waals surface area contributed by atoms with Crippen molar-refractivity contribution in [2.24, 2.45) is 0 Å². The number of esters is 2. The van der Waals surface area contributed by atoms with Crippen molar-refractivity contribution in [3.05, 3.63) is 109 Å². The van der Waals surface area contributed by atoms with E-state index in [2.05, 4.69) is 123 Å². The van der Waals surface area contributed by atoms with Crippen LogP contribution in [0.1, 0.15) is 290 Å². The lowest BCUT2D eigenvalue weighted by Gasteiger charge is -2.24. The molecule has 0 radical (unpaired) electrons. The van der Waals surface area contributed by atoms with Crippen LogP contribution in [0, 0.1) is 0 Å². The molecule has 0 aromatic carbocycles. The van der Waals surface area contributed by atoms with Crippen molar-refractivity contribution >= 4 is 19.8 Å². The lowest BCUT2D eigenvalue weighted by molar-refractivity contribution is -0.870. The van der Waals surface area contributed by atoms with E-state index in [0.29, 0.717) is 23.9 Å². The smallest absolute Gasteiger partial charge is 0.462 e. The SMILES string of the molecule is CC/C=C\C/C=C\C/C=C\C/C=C\C/C=C\C/C=C\C/C=C\C/C=C\C/C=C\CCCC(=O)OC(COC(=O)CCCCCCCCCCCCCCCCCCCCCCCCCCCCCCCC)COP(=O)(O)OCC[N+](C)(C)C. The third-order valence-corrected chi connectivity index (χ3v) is 15.6. The zero-order chi connectivity index (χ0) is 60.5. The van der Waals surface area contributed by atoms with E-state index in [4.69, 9.17) is 18.5 Å². The number of phosphoric acid groups is 1. The molecule has 0 amide bonds. The molecule has 0 aromatic rings. The predicted molar refractivity (Wildman–Crippen MR) is 358 cm³/mol. The number of quaternary nitrogens is 1. The van der Waals surface area contributed by atoms with E-state index < -0.39 is 26.5 Å². The molecule has 0 aliphatic heterocycles. The molecule has 9 nitrogen and oxygen atoms in total. The third kappa shape index (κ3) is 67.7. The molecule has 0 rings (SSSR count). The molecule has 0 saturated heterocycles. The number of rotatable bonds is 62. The summed E-state index contributed by atoms with van der Waals surface area (Å²) in [6, 6.07) is 0.